The number of anilines is 3. The van der Waals surface area contributed by atoms with Gasteiger partial charge < -0.3 is 34.5 Å². The number of nitrogens with zero attached hydrogens (tertiary/aromatic N) is 2. The van der Waals surface area contributed by atoms with Gasteiger partial charge in [0, 0.05) is 12.1 Å². The van der Waals surface area contributed by atoms with Gasteiger partial charge in [-0.15, -0.1) is 0 Å². The van der Waals surface area contributed by atoms with Crippen LogP contribution < -0.4 is 29.6 Å². The Morgan fingerprint density at radius 1 is 1.03 bits per heavy atom. The summed E-state index contributed by atoms with van der Waals surface area (Å²) in [4.78, 5) is 32.8. The monoisotopic (exact) mass is 535 g/mol. The molecule has 0 radical (unpaired) electrons. The van der Waals surface area contributed by atoms with E-state index in [0.29, 0.717) is 34.2 Å². The Balaban J connectivity index is 2.01. The van der Waals surface area contributed by atoms with E-state index >= 15 is 0 Å². The molecular weight excluding hydrogens is 506 g/mol. The Labute approximate surface area is 225 Å². The number of hydrogen-bond acceptors (Lipinski definition) is 10. The van der Waals surface area contributed by atoms with Crippen molar-refractivity contribution < 1.29 is 38.4 Å². The maximum absolute atomic E-state index is 14.0. The quantitative estimate of drug-likeness (QED) is 0.320. The largest absolute Gasteiger partial charge is 0.504 e. The maximum Gasteiger partial charge on any atom is 0.342 e. The summed E-state index contributed by atoms with van der Waals surface area (Å²) >= 11 is 0. The molecule has 2 heterocycles. The van der Waals surface area contributed by atoms with E-state index in [9.17, 15) is 14.7 Å². The van der Waals surface area contributed by atoms with E-state index in [1.165, 1.54) is 39.4 Å². The van der Waals surface area contributed by atoms with Crippen LogP contribution in [-0.4, -0.2) is 57.0 Å². The van der Waals surface area contributed by atoms with Crippen molar-refractivity contribution in [3.8, 4) is 28.7 Å². The summed E-state index contributed by atoms with van der Waals surface area (Å²) in [5.41, 5.74) is 8.21. The molecule has 1 aliphatic heterocycles. The lowest BCUT2D eigenvalue weighted by Crippen LogP contribution is -2.22. The van der Waals surface area contributed by atoms with Gasteiger partial charge in [-0.2, -0.15) is 0 Å². The third-order valence-electron chi connectivity index (χ3n) is 6.21. The van der Waals surface area contributed by atoms with Crippen LogP contribution in [0.25, 0.3) is 11.6 Å². The van der Waals surface area contributed by atoms with Crippen molar-refractivity contribution in [2.45, 2.75) is 13.8 Å². The number of phenolic OH excluding ortho intramolecular Hbond substituents is 1. The molecule has 1 aromatic heterocycles. The Hall–Kier alpha value is -4.93. The highest BCUT2D eigenvalue weighted by atomic mass is 16.5. The van der Waals surface area contributed by atoms with Crippen LogP contribution in [0.15, 0.2) is 30.3 Å². The molecule has 11 nitrogen and oxygen atoms in total. The van der Waals surface area contributed by atoms with Crippen LogP contribution in [0.5, 0.6) is 28.7 Å². The number of nitrogens with two attached hydrogens (primary N) is 1. The highest BCUT2D eigenvalue weighted by molar-refractivity contribution is 6.39. The van der Waals surface area contributed by atoms with Crippen LogP contribution in [-0.2, 0) is 9.53 Å². The van der Waals surface area contributed by atoms with Gasteiger partial charge >= 0.3 is 5.97 Å². The molecule has 39 heavy (non-hydrogen) atoms. The summed E-state index contributed by atoms with van der Waals surface area (Å²) in [6.45, 7) is 3.44. The van der Waals surface area contributed by atoms with E-state index in [1.54, 1.807) is 44.2 Å². The maximum atomic E-state index is 14.0. The minimum absolute atomic E-state index is 0.0447. The van der Waals surface area contributed by atoms with Gasteiger partial charge in [0.15, 0.2) is 28.8 Å². The molecular formula is C28H29N3O8. The van der Waals surface area contributed by atoms with Crippen molar-refractivity contribution in [1.82, 2.24) is 4.98 Å². The van der Waals surface area contributed by atoms with Crippen molar-refractivity contribution in [2.75, 3.05) is 45.7 Å². The zero-order valence-corrected chi connectivity index (χ0v) is 22.4. The molecule has 0 fully saturated rings. The van der Waals surface area contributed by atoms with E-state index in [1.807, 2.05) is 0 Å². The van der Waals surface area contributed by atoms with E-state index in [-0.39, 0.29) is 46.3 Å². The number of rotatable bonds is 8. The molecule has 204 valence electrons. The second-order valence-corrected chi connectivity index (χ2v) is 8.42. The van der Waals surface area contributed by atoms with E-state index in [0.717, 1.165) is 0 Å². The van der Waals surface area contributed by atoms with Gasteiger partial charge in [0.25, 0.3) is 5.91 Å². The number of aromatic nitrogens is 1. The zero-order chi connectivity index (χ0) is 28.4. The average Bonchev–Trinajstić information content (AvgIpc) is 3.18. The van der Waals surface area contributed by atoms with Crippen molar-refractivity contribution in [1.29, 1.82) is 0 Å². The summed E-state index contributed by atoms with van der Waals surface area (Å²) in [7, 11) is 5.84. The lowest BCUT2D eigenvalue weighted by molar-refractivity contribution is -0.112. The number of amides is 1. The van der Waals surface area contributed by atoms with Gasteiger partial charge in [-0.05, 0) is 37.6 Å². The topological polar surface area (TPSA) is 143 Å². The number of ether oxygens (including phenoxy) is 5. The highest BCUT2D eigenvalue weighted by Gasteiger charge is 2.40. The number of fused-ring (bicyclic) bond motifs is 1. The van der Waals surface area contributed by atoms with Crippen molar-refractivity contribution in [2.24, 2.45) is 0 Å². The predicted octanol–water partition coefficient (Wildman–Crippen LogP) is 4.11. The molecule has 0 atom stereocenters. The van der Waals surface area contributed by atoms with Crippen LogP contribution in [0.2, 0.25) is 0 Å². The molecule has 1 aliphatic rings. The lowest BCUT2D eigenvalue weighted by Gasteiger charge is -2.21. The normalized spacial score (nSPS) is 13.3. The van der Waals surface area contributed by atoms with Crippen molar-refractivity contribution >= 4 is 40.7 Å². The first-order valence-corrected chi connectivity index (χ1v) is 11.9. The number of aromatic hydroxyl groups is 1. The predicted molar refractivity (Wildman–Crippen MR) is 145 cm³/mol. The molecule has 0 aliphatic carbocycles. The molecule has 0 bridgehead atoms. The minimum atomic E-state index is -0.650. The first-order chi connectivity index (χ1) is 18.7. The summed E-state index contributed by atoms with van der Waals surface area (Å²) < 4.78 is 26.7. The van der Waals surface area contributed by atoms with Gasteiger partial charge in [0.2, 0.25) is 5.75 Å². The molecule has 2 aromatic carbocycles. The fourth-order valence-corrected chi connectivity index (χ4v) is 4.46. The molecule has 3 N–H and O–H groups in total. The zero-order valence-electron chi connectivity index (χ0n) is 22.4. The molecule has 0 saturated carbocycles. The summed E-state index contributed by atoms with van der Waals surface area (Å²) in [6, 6.07) is 7.91. The number of pyridine rings is 1. The van der Waals surface area contributed by atoms with Crippen molar-refractivity contribution in [3.63, 3.8) is 0 Å². The number of methoxy groups -OCH3 is 4. The summed E-state index contributed by atoms with van der Waals surface area (Å²) in [5, 5.41) is 10.3. The van der Waals surface area contributed by atoms with Gasteiger partial charge in [-0.1, -0.05) is 6.07 Å². The molecule has 0 unspecified atom stereocenters. The second-order valence-electron chi connectivity index (χ2n) is 8.42. The number of carbonyl (C=O) groups excluding carboxylic acids is 2. The van der Waals surface area contributed by atoms with Gasteiger partial charge in [-0.3, -0.25) is 9.69 Å². The number of nitrogen functional groups attached to an aromatic ring is 1. The second kappa shape index (κ2) is 10.8. The summed E-state index contributed by atoms with van der Waals surface area (Å²) in [5.74, 6) is 0.245. The third-order valence-corrected chi connectivity index (χ3v) is 6.21. The molecule has 4 rings (SSSR count). The highest BCUT2D eigenvalue weighted by Crippen LogP contribution is 2.49. The van der Waals surface area contributed by atoms with Crippen LogP contribution in [0.4, 0.5) is 17.2 Å². The Morgan fingerprint density at radius 2 is 1.67 bits per heavy atom. The average molecular weight is 536 g/mol. The van der Waals surface area contributed by atoms with Crippen molar-refractivity contribution in [3.05, 3.63) is 52.7 Å². The van der Waals surface area contributed by atoms with Gasteiger partial charge in [0.05, 0.1) is 63.3 Å². The lowest BCUT2D eigenvalue weighted by atomic mass is 10.00. The molecule has 3 aromatic rings. The Morgan fingerprint density at radius 3 is 2.21 bits per heavy atom. The number of aryl methyl sites for hydroxylation is 1. The Kier molecular flexibility index (Phi) is 7.52. The standard InChI is InChI=1S/C28H29N3O8/c1-7-39-28(34)22-14(2)30-26-23(24(22)29)17(10-15-8-9-19(35-3)18(32)11-15)27(33)31(26)16-12-20(36-4)25(38-6)21(13-16)37-5/h8-13,32H,7H2,1-6H3,(H2,29,30)/b17-10-. The van der Waals surface area contributed by atoms with Gasteiger partial charge in [0.1, 0.15) is 5.56 Å². The van der Waals surface area contributed by atoms with E-state index in [2.05, 4.69) is 4.98 Å². The Bertz CT molecular complexity index is 1470. The third kappa shape index (κ3) is 4.63. The molecule has 0 spiro atoms. The smallest absolute Gasteiger partial charge is 0.342 e. The van der Waals surface area contributed by atoms with Crippen LogP contribution in [0.1, 0.15) is 34.1 Å². The van der Waals surface area contributed by atoms with E-state index in [4.69, 9.17) is 29.4 Å². The number of esters is 1. The first-order valence-electron chi connectivity index (χ1n) is 11.9. The van der Waals surface area contributed by atoms with E-state index < -0.39 is 11.9 Å². The SMILES string of the molecule is CCOC(=O)c1c(C)nc2c(c1N)/C(=C/c1ccc(OC)c(O)c1)C(=O)N2c1cc(OC)c(OC)c(OC)c1. The van der Waals surface area contributed by atoms with Crippen LogP contribution in [0, 0.1) is 6.92 Å². The number of benzene rings is 2. The number of hydrogen-bond donors (Lipinski definition) is 2. The minimum Gasteiger partial charge on any atom is -0.504 e. The van der Waals surface area contributed by atoms with Crippen LogP contribution in [0.3, 0.4) is 0 Å². The molecule has 1 amide bonds. The number of phenols is 1. The molecule has 11 heteroatoms. The summed E-state index contributed by atoms with van der Waals surface area (Å²) in [6.07, 6.45) is 1.56. The van der Waals surface area contributed by atoms with Gasteiger partial charge in [-0.25, -0.2) is 9.78 Å². The molecule has 0 saturated heterocycles. The fourth-order valence-electron chi connectivity index (χ4n) is 4.46. The number of carbonyl (C=O) groups is 2. The van der Waals surface area contributed by atoms with Crippen LogP contribution >= 0.6 is 0 Å². The fraction of sp³-hybridized carbons (Fsp3) is 0.250. The first kappa shape index (κ1) is 27.1.